The largest absolute Gasteiger partial charge is 0.508 e. The molecular formula is C25H25N3O5. The Morgan fingerprint density at radius 1 is 1.06 bits per heavy atom. The molecule has 1 atom stereocenters. The fourth-order valence-electron chi connectivity index (χ4n) is 4.74. The number of fused-ring (bicyclic) bond motifs is 3. The van der Waals surface area contributed by atoms with Gasteiger partial charge in [0.15, 0.2) is 0 Å². The molecule has 8 nitrogen and oxygen atoms in total. The third-order valence-electron chi connectivity index (χ3n) is 6.38. The molecule has 1 aliphatic rings. The van der Waals surface area contributed by atoms with Crippen LogP contribution in [0.15, 0.2) is 52.1 Å². The van der Waals surface area contributed by atoms with Gasteiger partial charge in [0.1, 0.15) is 17.6 Å². The second-order valence-corrected chi connectivity index (χ2v) is 8.36. The highest BCUT2D eigenvalue weighted by Gasteiger charge is 2.34. The van der Waals surface area contributed by atoms with E-state index in [1.165, 1.54) is 11.6 Å². The summed E-state index contributed by atoms with van der Waals surface area (Å²) in [5.41, 5.74) is 3.47. The lowest BCUT2D eigenvalue weighted by molar-refractivity contribution is 0.0464. The molecular weight excluding hydrogens is 422 g/mol. The molecule has 0 amide bonds. The van der Waals surface area contributed by atoms with Gasteiger partial charge in [-0.2, -0.15) is 0 Å². The van der Waals surface area contributed by atoms with E-state index in [0.29, 0.717) is 41.1 Å². The highest BCUT2D eigenvalue weighted by Crippen LogP contribution is 2.42. The van der Waals surface area contributed by atoms with Crippen molar-refractivity contribution in [3.63, 3.8) is 0 Å². The number of phenols is 1. The van der Waals surface area contributed by atoms with E-state index in [9.17, 15) is 14.7 Å². The van der Waals surface area contributed by atoms with Gasteiger partial charge in [-0.3, -0.25) is 13.9 Å². The van der Waals surface area contributed by atoms with Crippen LogP contribution in [0.3, 0.4) is 0 Å². The Morgan fingerprint density at radius 2 is 1.79 bits per heavy atom. The van der Waals surface area contributed by atoms with Gasteiger partial charge in [0.25, 0.3) is 5.56 Å². The van der Waals surface area contributed by atoms with E-state index in [1.807, 2.05) is 47.9 Å². The molecule has 0 spiro atoms. The summed E-state index contributed by atoms with van der Waals surface area (Å²) in [5.74, 6) is 0.821. The molecule has 8 heteroatoms. The Morgan fingerprint density at radius 3 is 2.45 bits per heavy atom. The number of nitrogens with zero attached hydrogens (tertiary/aromatic N) is 3. The van der Waals surface area contributed by atoms with Crippen LogP contribution in [-0.2, 0) is 25.4 Å². The Balaban J connectivity index is 1.91. The SMILES string of the molecule is COc1ccc(-c2c3c(=O)n(C)c(=O)n(C)c3c3n2CCOC3c2ccc(C)cc2O)cc1. The molecule has 5 rings (SSSR count). The van der Waals surface area contributed by atoms with Crippen LogP contribution in [-0.4, -0.2) is 32.5 Å². The number of hydrogen-bond donors (Lipinski definition) is 1. The first kappa shape index (κ1) is 21.1. The lowest BCUT2D eigenvalue weighted by Crippen LogP contribution is -2.37. The van der Waals surface area contributed by atoms with Gasteiger partial charge >= 0.3 is 5.69 Å². The minimum absolute atomic E-state index is 0.114. The minimum Gasteiger partial charge on any atom is -0.508 e. The molecule has 3 heterocycles. The van der Waals surface area contributed by atoms with E-state index in [2.05, 4.69) is 0 Å². The highest BCUT2D eigenvalue weighted by molar-refractivity contribution is 5.96. The topological polar surface area (TPSA) is 87.6 Å². The van der Waals surface area contributed by atoms with Crippen molar-refractivity contribution < 1.29 is 14.6 Å². The van der Waals surface area contributed by atoms with Crippen molar-refractivity contribution in [1.82, 2.24) is 13.7 Å². The van der Waals surface area contributed by atoms with E-state index < -0.39 is 11.8 Å². The second kappa shape index (κ2) is 7.67. The van der Waals surface area contributed by atoms with E-state index in [1.54, 1.807) is 20.2 Å². The third kappa shape index (κ3) is 3.09. The van der Waals surface area contributed by atoms with Gasteiger partial charge in [-0.1, -0.05) is 12.1 Å². The van der Waals surface area contributed by atoms with Crippen molar-refractivity contribution in [2.75, 3.05) is 13.7 Å². The summed E-state index contributed by atoms with van der Waals surface area (Å²) in [6.07, 6.45) is -0.633. The number of rotatable bonds is 3. The number of phenolic OH excluding ortho intramolecular Hbond substituents is 1. The van der Waals surface area contributed by atoms with Gasteiger partial charge in [0.05, 0.1) is 36.0 Å². The molecule has 4 aromatic rings. The Labute approximate surface area is 189 Å². The Bertz CT molecular complexity index is 1510. The normalized spacial score (nSPS) is 15.6. The van der Waals surface area contributed by atoms with Crippen LogP contribution < -0.4 is 16.0 Å². The van der Waals surface area contributed by atoms with Crippen LogP contribution in [0.5, 0.6) is 11.5 Å². The zero-order chi connectivity index (χ0) is 23.4. The first-order valence-electron chi connectivity index (χ1n) is 10.7. The standard InChI is InChI=1S/C25H25N3O5/c1-14-5-10-17(18(29)13-14)23-22-21-19(24(30)27(3)25(31)26(21)2)20(28(22)11-12-33-23)15-6-8-16(32-4)9-7-15/h5-10,13,23,29H,11-12H2,1-4H3. The second-order valence-electron chi connectivity index (χ2n) is 8.36. The third-order valence-corrected chi connectivity index (χ3v) is 6.38. The van der Waals surface area contributed by atoms with Gasteiger partial charge in [0.2, 0.25) is 0 Å². The number of aromatic hydroxyl groups is 1. The van der Waals surface area contributed by atoms with Crippen molar-refractivity contribution in [1.29, 1.82) is 0 Å². The minimum atomic E-state index is -0.633. The Hall–Kier alpha value is -3.78. The summed E-state index contributed by atoms with van der Waals surface area (Å²) < 4.78 is 16.1. The van der Waals surface area contributed by atoms with Gasteiger partial charge < -0.3 is 19.1 Å². The molecule has 33 heavy (non-hydrogen) atoms. The average molecular weight is 447 g/mol. The molecule has 0 radical (unpaired) electrons. The number of hydrogen-bond acceptors (Lipinski definition) is 5. The van der Waals surface area contributed by atoms with Crippen LogP contribution >= 0.6 is 0 Å². The van der Waals surface area contributed by atoms with E-state index in [4.69, 9.17) is 9.47 Å². The number of methoxy groups -OCH3 is 1. The molecule has 0 saturated carbocycles. The first-order chi connectivity index (χ1) is 15.8. The zero-order valence-corrected chi connectivity index (χ0v) is 19.0. The lowest BCUT2D eigenvalue weighted by Gasteiger charge is -2.28. The first-order valence-corrected chi connectivity index (χ1v) is 10.7. The van der Waals surface area contributed by atoms with E-state index >= 15 is 0 Å². The highest BCUT2D eigenvalue weighted by atomic mass is 16.5. The van der Waals surface area contributed by atoms with Gasteiger partial charge in [-0.25, -0.2) is 4.79 Å². The fraction of sp³-hybridized carbons (Fsp3) is 0.280. The van der Waals surface area contributed by atoms with Gasteiger partial charge in [-0.05, 0) is 48.4 Å². The maximum atomic E-state index is 13.4. The summed E-state index contributed by atoms with van der Waals surface area (Å²) in [6, 6.07) is 12.9. The van der Waals surface area contributed by atoms with Crippen LogP contribution in [0.4, 0.5) is 0 Å². The smallest absolute Gasteiger partial charge is 0.331 e. The van der Waals surface area contributed by atoms with Crippen molar-refractivity contribution in [2.24, 2.45) is 14.1 Å². The summed E-state index contributed by atoms with van der Waals surface area (Å²) in [5, 5.41) is 11.2. The Kier molecular flexibility index (Phi) is 4.90. The van der Waals surface area contributed by atoms with Crippen LogP contribution in [0.2, 0.25) is 0 Å². The molecule has 1 aliphatic heterocycles. The van der Waals surface area contributed by atoms with Crippen molar-refractivity contribution >= 4 is 10.9 Å². The molecule has 2 aromatic carbocycles. The lowest BCUT2D eigenvalue weighted by atomic mass is 10.0. The van der Waals surface area contributed by atoms with Crippen molar-refractivity contribution in [3.05, 3.63) is 80.1 Å². The summed E-state index contributed by atoms with van der Waals surface area (Å²) in [4.78, 5) is 26.3. The van der Waals surface area contributed by atoms with Gasteiger partial charge in [0, 0.05) is 26.2 Å². The van der Waals surface area contributed by atoms with Crippen LogP contribution in [0.25, 0.3) is 22.2 Å². The molecule has 0 fully saturated rings. The van der Waals surface area contributed by atoms with E-state index in [0.717, 1.165) is 21.4 Å². The molecule has 0 aliphatic carbocycles. The van der Waals surface area contributed by atoms with Crippen molar-refractivity contribution in [2.45, 2.75) is 19.6 Å². The molecule has 1 N–H and O–H groups in total. The fourth-order valence-corrected chi connectivity index (χ4v) is 4.74. The number of aromatic nitrogens is 3. The summed E-state index contributed by atoms with van der Waals surface area (Å²) in [6.45, 7) is 2.80. The maximum absolute atomic E-state index is 13.4. The van der Waals surface area contributed by atoms with Gasteiger partial charge in [-0.15, -0.1) is 0 Å². The predicted molar refractivity (Wildman–Crippen MR) is 125 cm³/mol. The van der Waals surface area contributed by atoms with E-state index in [-0.39, 0.29) is 11.3 Å². The monoisotopic (exact) mass is 447 g/mol. The molecule has 1 unspecified atom stereocenters. The molecule has 0 bridgehead atoms. The number of aryl methyl sites for hydroxylation is 2. The number of ether oxygens (including phenoxy) is 2. The van der Waals surface area contributed by atoms with Crippen LogP contribution in [0, 0.1) is 6.92 Å². The quantitative estimate of drug-likeness (QED) is 0.522. The summed E-state index contributed by atoms with van der Waals surface area (Å²) in [7, 11) is 4.74. The van der Waals surface area contributed by atoms with Crippen LogP contribution in [0.1, 0.15) is 22.9 Å². The predicted octanol–water partition coefficient (Wildman–Crippen LogP) is 2.85. The average Bonchev–Trinajstić information content (AvgIpc) is 3.17. The molecule has 0 saturated heterocycles. The molecule has 170 valence electrons. The molecule has 2 aromatic heterocycles. The maximum Gasteiger partial charge on any atom is 0.331 e. The zero-order valence-electron chi connectivity index (χ0n) is 19.0. The summed E-state index contributed by atoms with van der Waals surface area (Å²) >= 11 is 0. The number of benzene rings is 2. The van der Waals surface area contributed by atoms with Crippen molar-refractivity contribution in [3.8, 4) is 22.8 Å².